The van der Waals surface area contributed by atoms with Crippen LogP contribution in [0.4, 0.5) is 0 Å². The number of hydrogen-bond acceptors (Lipinski definition) is 4. The number of hydrogen-bond donors (Lipinski definition) is 2. The Balaban J connectivity index is 1.42. The van der Waals surface area contributed by atoms with E-state index in [1.807, 2.05) is 29.2 Å². The fourth-order valence-electron chi connectivity index (χ4n) is 3.81. The first-order valence-corrected chi connectivity index (χ1v) is 12.1. The fourth-order valence-corrected chi connectivity index (χ4v) is 5.49. The second kappa shape index (κ2) is 9.34. The number of rotatable bonds is 6. The van der Waals surface area contributed by atoms with Gasteiger partial charge in [-0.25, -0.2) is 13.4 Å². The summed E-state index contributed by atoms with van der Waals surface area (Å²) in [5.41, 5.74) is 4.67. The molecule has 4 rings (SSSR count). The van der Waals surface area contributed by atoms with Crippen LogP contribution in [-0.4, -0.2) is 48.5 Å². The third kappa shape index (κ3) is 5.52. The number of aromatic nitrogens is 2. The first-order valence-electron chi connectivity index (χ1n) is 10.3. The maximum atomic E-state index is 11.7. The Bertz CT molecular complexity index is 1140. The number of nitrogens with one attached hydrogen (secondary N) is 2. The molecule has 3 aromatic rings. The van der Waals surface area contributed by atoms with E-state index in [2.05, 4.69) is 57.0 Å². The third-order valence-electron chi connectivity index (χ3n) is 5.45. The van der Waals surface area contributed by atoms with Gasteiger partial charge in [0.2, 0.25) is 0 Å². The lowest BCUT2D eigenvalue weighted by molar-refractivity contribution is 0.599. The van der Waals surface area contributed by atoms with Gasteiger partial charge >= 0.3 is 0 Å². The van der Waals surface area contributed by atoms with Crippen LogP contribution in [0.25, 0.3) is 11.1 Å². The lowest BCUT2D eigenvalue weighted by atomic mass is 9.98. The van der Waals surface area contributed by atoms with E-state index in [9.17, 15) is 8.42 Å². The zero-order valence-corrected chi connectivity index (χ0v) is 18.3. The van der Waals surface area contributed by atoms with Crippen LogP contribution in [0.5, 0.6) is 0 Å². The smallest absolute Gasteiger partial charge is 0.191 e. The van der Waals surface area contributed by atoms with Crippen LogP contribution in [0.15, 0.2) is 72.2 Å². The van der Waals surface area contributed by atoms with Gasteiger partial charge < -0.3 is 15.2 Å². The lowest BCUT2D eigenvalue weighted by Gasteiger charge is -2.17. The number of sulfone groups is 1. The predicted molar refractivity (Wildman–Crippen MR) is 124 cm³/mol. The minimum atomic E-state index is -2.93. The highest BCUT2D eigenvalue weighted by Crippen LogP contribution is 2.24. The van der Waals surface area contributed by atoms with Crippen molar-refractivity contribution in [1.29, 1.82) is 0 Å². The highest BCUT2D eigenvalue weighted by atomic mass is 32.2. The number of aliphatic imine (C=N–C) groups is 1. The molecule has 8 heteroatoms. The summed E-state index contributed by atoms with van der Waals surface area (Å²) in [5, 5.41) is 6.56. The standard InChI is InChI=1S/C23H27N5O2S/c1-24-23(27-21-10-13-31(29,30)16-21)26-14-20-4-2-3-5-22(20)19-8-6-18(7-9-19)15-28-12-11-25-17-28/h2-9,11-12,17,21H,10,13-16H2,1H3,(H2,24,26,27). The summed E-state index contributed by atoms with van der Waals surface area (Å²) in [5.74, 6) is 1.02. The molecule has 2 aromatic carbocycles. The molecule has 0 amide bonds. The second-order valence-corrected chi connectivity index (χ2v) is 9.99. The van der Waals surface area contributed by atoms with Gasteiger partial charge in [0.15, 0.2) is 15.8 Å². The summed E-state index contributed by atoms with van der Waals surface area (Å²) in [4.78, 5) is 8.34. The van der Waals surface area contributed by atoms with Crippen LogP contribution in [0, 0.1) is 0 Å². The minimum Gasteiger partial charge on any atom is -0.353 e. The molecular weight excluding hydrogens is 410 g/mol. The Morgan fingerprint density at radius 1 is 1.19 bits per heavy atom. The molecule has 1 aliphatic heterocycles. The molecule has 0 aliphatic carbocycles. The first kappa shape index (κ1) is 21.1. The average Bonchev–Trinajstić information content (AvgIpc) is 3.41. The second-order valence-electron chi connectivity index (χ2n) is 7.76. The van der Waals surface area contributed by atoms with E-state index in [0.29, 0.717) is 18.9 Å². The van der Waals surface area contributed by atoms with Crippen LogP contribution in [0.2, 0.25) is 0 Å². The third-order valence-corrected chi connectivity index (χ3v) is 7.22. The molecule has 162 valence electrons. The summed E-state index contributed by atoms with van der Waals surface area (Å²) in [6.07, 6.45) is 6.17. The van der Waals surface area contributed by atoms with Crippen LogP contribution in [0.3, 0.4) is 0 Å². The Morgan fingerprint density at radius 3 is 2.68 bits per heavy atom. The number of imidazole rings is 1. The zero-order valence-electron chi connectivity index (χ0n) is 17.5. The number of guanidine groups is 1. The van der Waals surface area contributed by atoms with Gasteiger partial charge in [0.25, 0.3) is 0 Å². The van der Waals surface area contributed by atoms with E-state index in [1.165, 1.54) is 5.56 Å². The van der Waals surface area contributed by atoms with Crippen molar-refractivity contribution >= 4 is 15.8 Å². The zero-order chi connectivity index (χ0) is 21.7. The number of benzene rings is 2. The van der Waals surface area contributed by atoms with E-state index >= 15 is 0 Å². The predicted octanol–water partition coefficient (Wildman–Crippen LogP) is 2.45. The van der Waals surface area contributed by atoms with Crippen LogP contribution in [0.1, 0.15) is 17.5 Å². The van der Waals surface area contributed by atoms with Crippen molar-refractivity contribution in [3.63, 3.8) is 0 Å². The largest absolute Gasteiger partial charge is 0.353 e. The van der Waals surface area contributed by atoms with Gasteiger partial charge in [0, 0.05) is 38.6 Å². The molecule has 1 saturated heterocycles. The molecule has 7 nitrogen and oxygen atoms in total. The molecule has 0 saturated carbocycles. The summed E-state index contributed by atoms with van der Waals surface area (Å²) in [6, 6.07) is 16.7. The van der Waals surface area contributed by atoms with Gasteiger partial charge in [-0.15, -0.1) is 0 Å². The van der Waals surface area contributed by atoms with E-state index in [0.717, 1.165) is 23.2 Å². The molecule has 1 atom stereocenters. The molecule has 2 N–H and O–H groups in total. The molecule has 1 aromatic heterocycles. The van der Waals surface area contributed by atoms with E-state index < -0.39 is 9.84 Å². The summed E-state index contributed by atoms with van der Waals surface area (Å²) < 4.78 is 25.4. The molecular formula is C23H27N5O2S. The van der Waals surface area contributed by atoms with Crippen LogP contribution in [-0.2, 0) is 22.9 Å². The van der Waals surface area contributed by atoms with E-state index in [-0.39, 0.29) is 17.5 Å². The van der Waals surface area contributed by atoms with Crippen molar-refractivity contribution < 1.29 is 8.42 Å². The van der Waals surface area contributed by atoms with Crippen LogP contribution >= 0.6 is 0 Å². The fraction of sp³-hybridized carbons (Fsp3) is 0.304. The summed E-state index contributed by atoms with van der Waals surface area (Å²) >= 11 is 0. The first-order chi connectivity index (χ1) is 15.0. The quantitative estimate of drug-likeness (QED) is 0.457. The van der Waals surface area contributed by atoms with E-state index in [1.54, 1.807) is 13.2 Å². The van der Waals surface area contributed by atoms with Crippen molar-refractivity contribution in [3.05, 3.63) is 78.4 Å². The Kier molecular flexibility index (Phi) is 6.36. The Labute approximate surface area is 183 Å². The van der Waals surface area contributed by atoms with Gasteiger partial charge in [0.05, 0.1) is 17.8 Å². The minimum absolute atomic E-state index is 0.0884. The van der Waals surface area contributed by atoms with Gasteiger partial charge in [0.1, 0.15) is 0 Å². The molecule has 1 unspecified atom stereocenters. The van der Waals surface area contributed by atoms with Crippen molar-refractivity contribution in [2.24, 2.45) is 4.99 Å². The van der Waals surface area contributed by atoms with Crippen LogP contribution < -0.4 is 10.6 Å². The Morgan fingerprint density at radius 2 is 2.00 bits per heavy atom. The van der Waals surface area contributed by atoms with Crippen molar-refractivity contribution in [3.8, 4) is 11.1 Å². The highest BCUT2D eigenvalue weighted by molar-refractivity contribution is 7.91. The monoisotopic (exact) mass is 437 g/mol. The topological polar surface area (TPSA) is 88.4 Å². The number of nitrogens with zero attached hydrogens (tertiary/aromatic N) is 3. The molecule has 1 fully saturated rings. The lowest BCUT2D eigenvalue weighted by Crippen LogP contribution is -2.43. The van der Waals surface area contributed by atoms with Crippen molar-refractivity contribution in [2.75, 3.05) is 18.6 Å². The van der Waals surface area contributed by atoms with Gasteiger partial charge in [-0.3, -0.25) is 4.99 Å². The maximum absolute atomic E-state index is 11.7. The SMILES string of the molecule is CN=C(NCc1ccccc1-c1ccc(Cn2ccnc2)cc1)NC1CCS(=O)(=O)C1. The maximum Gasteiger partial charge on any atom is 0.191 e. The molecule has 0 radical (unpaired) electrons. The van der Waals surface area contributed by atoms with E-state index in [4.69, 9.17) is 0 Å². The average molecular weight is 438 g/mol. The normalized spacial score (nSPS) is 18.1. The van der Waals surface area contributed by atoms with Crippen molar-refractivity contribution in [2.45, 2.75) is 25.6 Å². The molecule has 31 heavy (non-hydrogen) atoms. The molecule has 0 bridgehead atoms. The molecule has 2 heterocycles. The Hall–Kier alpha value is -3.13. The van der Waals surface area contributed by atoms with Crippen molar-refractivity contribution in [1.82, 2.24) is 20.2 Å². The molecule has 0 spiro atoms. The highest BCUT2D eigenvalue weighted by Gasteiger charge is 2.28. The summed E-state index contributed by atoms with van der Waals surface area (Å²) in [7, 11) is -1.23. The molecule has 1 aliphatic rings. The van der Waals surface area contributed by atoms with Gasteiger partial charge in [-0.2, -0.15) is 0 Å². The van der Waals surface area contributed by atoms with Gasteiger partial charge in [-0.1, -0.05) is 48.5 Å². The van der Waals surface area contributed by atoms with Gasteiger partial charge in [-0.05, 0) is 28.7 Å². The summed E-state index contributed by atoms with van der Waals surface area (Å²) in [6.45, 7) is 1.38.